The van der Waals surface area contributed by atoms with Gasteiger partial charge < -0.3 is 25.3 Å². The minimum atomic E-state index is -1.30. The third-order valence-electron chi connectivity index (χ3n) is 7.13. The van der Waals surface area contributed by atoms with E-state index < -0.39 is 29.2 Å². The van der Waals surface area contributed by atoms with Crippen LogP contribution in [0.25, 0.3) is 0 Å². The fourth-order valence-corrected chi connectivity index (χ4v) is 5.29. The lowest BCUT2D eigenvalue weighted by Crippen LogP contribution is -2.56. The van der Waals surface area contributed by atoms with Crippen LogP contribution in [0.3, 0.4) is 0 Å². The summed E-state index contributed by atoms with van der Waals surface area (Å²) in [4.78, 5) is 3.87. The number of thiocarbonyl (C=S) groups is 1. The Labute approximate surface area is 213 Å². The summed E-state index contributed by atoms with van der Waals surface area (Å²) >= 11 is 11.3. The monoisotopic (exact) mass is 527 g/mol. The number of nitrogens with zero attached hydrogens (tertiary/aromatic N) is 2. The number of piperidine rings is 2. The minimum Gasteiger partial charge on any atom is -0.389 e. The Hall–Kier alpha value is -1.91. The summed E-state index contributed by atoms with van der Waals surface area (Å²) in [5.74, 6) is -2.97. The Morgan fingerprint density at radius 1 is 1.09 bits per heavy atom. The van der Waals surface area contributed by atoms with E-state index in [0.717, 1.165) is 37.0 Å². The fourth-order valence-electron chi connectivity index (χ4n) is 4.87. The van der Waals surface area contributed by atoms with Crippen molar-refractivity contribution in [2.45, 2.75) is 43.3 Å². The van der Waals surface area contributed by atoms with Gasteiger partial charge in [0, 0.05) is 36.8 Å². The number of anilines is 1. The highest BCUT2D eigenvalue weighted by molar-refractivity contribution is 7.80. The molecule has 2 aliphatic heterocycles. The summed E-state index contributed by atoms with van der Waals surface area (Å²) in [5, 5.41) is 25.3. The van der Waals surface area contributed by atoms with Gasteiger partial charge in [-0.05, 0) is 74.6 Å². The van der Waals surface area contributed by atoms with Crippen LogP contribution in [0.4, 0.5) is 18.9 Å². The lowest BCUT2D eigenvalue weighted by molar-refractivity contribution is -0.112. The summed E-state index contributed by atoms with van der Waals surface area (Å²) in [6.45, 7) is 2.67. The quantitative estimate of drug-likeness (QED) is 0.393. The molecule has 0 saturated carbocycles. The third kappa shape index (κ3) is 6.27. The summed E-state index contributed by atoms with van der Waals surface area (Å²) < 4.78 is 40.8. The van der Waals surface area contributed by atoms with Crippen molar-refractivity contribution < 1.29 is 23.4 Å². The van der Waals surface area contributed by atoms with Crippen LogP contribution in [-0.2, 0) is 0 Å². The average molecular weight is 528 g/mol. The number of benzene rings is 2. The van der Waals surface area contributed by atoms with Crippen LogP contribution in [0, 0.1) is 17.5 Å². The highest BCUT2D eigenvalue weighted by Gasteiger charge is 2.40. The number of rotatable bonds is 5. The molecule has 0 radical (unpaired) electrons. The zero-order valence-electron chi connectivity index (χ0n) is 19.2. The van der Waals surface area contributed by atoms with Crippen molar-refractivity contribution in [3.05, 3.63) is 64.4 Å². The van der Waals surface area contributed by atoms with Crippen molar-refractivity contribution in [1.29, 1.82) is 0 Å². The van der Waals surface area contributed by atoms with Gasteiger partial charge in [0.1, 0.15) is 5.82 Å². The van der Waals surface area contributed by atoms with E-state index in [1.165, 1.54) is 5.56 Å². The van der Waals surface area contributed by atoms with Crippen molar-refractivity contribution in [2.24, 2.45) is 0 Å². The normalized spacial score (nSPS) is 20.0. The van der Waals surface area contributed by atoms with Crippen molar-refractivity contribution in [1.82, 2.24) is 9.80 Å². The summed E-state index contributed by atoms with van der Waals surface area (Å²) in [6.07, 6.45) is 1.54. The third-order valence-corrected chi connectivity index (χ3v) is 7.74. The standard InChI is InChI=1S/C25H29ClF3N3O2S/c26-18-3-1-16(2-4-18)17-5-9-31(10-6-17)15-22(33)25(34)7-11-32(12-8-25)24(35)30-21-14-19(27)13-20(28)23(21)29/h1-4,13-14,17,22,33-34H,5-12,15H2,(H,30,35). The van der Waals surface area contributed by atoms with Gasteiger partial charge in [0.25, 0.3) is 0 Å². The second kappa shape index (κ2) is 11.0. The molecule has 10 heteroatoms. The molecule has 2 saturated heterocycles. The Kier molecular flexibility index (Phi) is 8.23. The first kappa shape index (κ1) is 26.2. The minimum absolute atomic E-state index is 0.106. The van der Waals surface area contributed by atoms with Gasteiger partial charge in [0.2, 0.25) is 0 Å². The molecule has 5 nitrogen and oxygen atoms in total. The van der Waals surface area contributed by atoms with E-state index in [1.54, 1.807) is 4.90 Å². The molecule has 4 rings (SSSR count). The number of hydrogen-bond donors (Lipinski definition) is 3. The molecule has 35 heavy (non-hydrogen) atoms. The molecular weight excluding hydrogens is 499 g/mol. The summed E-state index contributed by atoms with van der Waals surface area (Å²) in [6, 6.07) is 9.24. The number of β-amino-alcohol motifs (C(OH)–C–C–N with tert-alkyl or cyclic N) is 1. The van der Waals surface area contributed by atoms with Gasteiger partial charge in [-0.2, -0.15) is 0 Å². The second-order valence-corrected chi connectivity index (χ2v) is 10.2. The average Bonchev–Trinajstić information content (AvgIpc) is 2.83. The molecule has 0 amide bonds. The molecule has 0 aromatic heterocycles. The number of aliphatic hydroxyl groups excluding tert-OH is 1. The van der Waals surface area contributed by atoms with Crippen molar-refractivity contribution in [3.63, 3.8) is 0 Å². The summed E-state index contributed by atoms with van der Waals surface area (Å²) in [5.41, 5.74) is -0.378. The lowest BCUT2D eigenvalue weighted by atomic mass is 9.84. The van der Waals surface area contributed by atoms with Crippen LogP contribution >= 0.6 is 23.8 Å². The van der Waals surface area contributed by atoms with E-state index in [2.05, 4.69) is 22.3 Å². The maximum absolute atomic E-state index is 13.9. The number of hydrogen-bond acceptors (Lipinski definition) is 4. The zero-order valence-corrected chi connectivity index (χ0v) is 20.8. The first-order valence-electron chi connectivity index (χ1n) is 11.7. The summed E-state index contributed by atoms with van der Waals surface area (Å²) in [7, 11) is 0. The predicted molar refractivity (Wildman–Crippen MR) is 134 cm³/mol. The Morgan fingerprint density at radius 3 is 2.34 bits per heavy atom. The van der Waals surface area contributed by atoms with E-state index in [9.17, 15) is 23.4 Å². The van der Waals surface area contributed by atoms with E-state index in [1.807, 2.05) is 12.1 Å². The van der Waals surface area contributed by atoms with Gasteiger partial charge in [-0.1, -0.05) is 23.7 Å². The highest BCUT2D eigenvalue weighted by Crippen LogP contribution is 2.31. The maximum Gasteiger partial charge on any atom is 0.182 e. The molecular formula is C25H29ClF3N3O2S. The molecule has 1 unspecified atom stereocenters. The number of likely N-dealkylation sites (tertiary alicyclic amines) is 2. The molecule has 1 atom stereocenters. The van der Waals surface area contributed by atoms with Crippen LogP contribution in [0.1, 0.15) is 37.2 Å². The molecule has 2 aromatic carbocycles. The van der Waals surface area contributed by atoms with E-state index >= 15 is 0 Å². The molecule has 2 aromatic rings. The van der Waals surface area contributed by atoms with Crippen LogP contribution in [0.2, 0.25) is 5.02 Å². The van der Waals surface area contributed by atoms with Gasteiger partial charge in [0.15, 0.2) is 16.7 Å². The van der Waals surface area contributed by atoms with Gasteiger partial charge >= 0.3 is 0 Å². The van der Waals surface area contributed by atoms with Crippen LogP contribution in [0.5, 0.6) is 0 Å². The van der Waals surface area contributed by atoms with Crippen LogP contribution in [-0.4, -0.2) is 69.6 Å². The van der Waals surface area contributed by atoms with Gasteiger partial charge in [-0.3, -0.25) is 0 Å². The van der Waals surface area contributed by atoms with Gasteiger partial charge in [-0.15, -0.1) is 0 Å². The lowest BCUT2D eigenvalue weighted by Gasteiger charge is -2.43. The number of nitrogens with one attached hydrogen (secondary N) is 1. The zero-order chi connectivity index (χ0) is 25.2. The largest absolute Gasteiger partial charge is 0.389 e. The molecule has 2 heterocycles. The van der Waals surface area contributed by atoms with Crippen molar-refractivity contribution >= 4 is 34.6 Å². The molecule has 2 fully saturated rings. The number of aliphatic hydroxyl groups is 2. The Bertz CT molecular complexity index is 1040. The smallest absolute Gasteiger partial charge is 0.182 e. The van der Waals surface area contributed by atoms with E-state index in [0.29, 0.717) is 31.6 Å². The van der Waals surface area contributed by atoms with Gasteiger partial charge in [-0.25, -0.2) is 13.2 Å². The molecule has 0 aliphatic carbocycles. The SMILES string of the molecule is OC(CN1CCC(c2ccc(Cl)cc2)CC1)C1(O)CCN(C(=S)Nc2cc(F)cc(F)c2F)CC1. The Morgan fingerprint density at radius 2 is 1.71 bits per heavy atom. The van der Waals surface area contributed by atoms with Gasteiger partial charge in [0.05, 0.1) is 17.4 Å². The molecule has 190 valence electrons. The van der Waals surface area contributed by atoms with Crippen LogP contribution < -0.4 is 5.32 Å². The molecule has 0 bridgehead atoms. The number of halogens is 4. The topological polar surface area (TPSA) is 59.0 Å². The highest BCUT2D eigenvalue weighted by atomic mass is 35.5. The molecule has 0 spiro atoms. The first-order valence-corrected chi connectivity index (χ1v) is 12.5. The second-order valence-electron chi connectivity index (χ2n) is 9.41. The van der Waals surface area contributed by atoms with E-state index in [-0.39, 0.29) is 23.6 Å². The fraction of sp³-hybridized carbons (Fsp3) is 0.480. The molecule has 3 N–H and O–H groups in total. The first-order chi connectivity index (χ1) is 16.6. The van der Waals surface area contributed by atoms with E-state index in [4.69, 9.17) is 23.8 Å². The predicted octanol–water partition coefficient (Wildman–Crippen LogP) is 4.52. The Balaban J connectivity index is 1.26. The maximum atomic E-state index is 13.9. The van der Waals surface area contributed by atoms with Crippen LogP contribution in [0.15, 0.2) is 36.4 Å². The van der Waals surface area contributed by atoms with Crippen molar-refractivity contribution in [2.75, 3.05) is 38.0 Å². The molecule has 2 aliphatic rings. The van der Waals surface area contributed by atoms with Crippen molar-refractivity contribution in [3.8, 4) is 0 Å².